The molecule has 1 N–H and O–H groups in total. The van der Waals surface area contributed by atoms with Gasteiger partial charge in [-0.3, -0.25) is 0 Å². The van der Waals surface area contributed by atoms with E-state index in [2.05, 4.69) is 10.1 Å². The van der Waals surface area contributed by atoms with Crippen molar-refractivity contribution >= 4 is 11.8 Å². The van der Waals surface area contributed by atoms with E-state index in [4.69, 9.17) is 9.63 Å². The molecule has 4 rings (SSSR count). The average molecular weight is 317 g/mol. The van der Waals surface area contributed by atoms with Crippen molar-refractivity contribution in [3.63, 3.8) is 0 Å². The summed E-state index contributed by atoms with van der Waals surface area (Å²) in [5.41, 5.74) is 0.692. The molecule has 3 heterocycles. The number of anilines is 1. The highest BCUT2D eigenvalue weighted by Crippen LogP contribution is 2.53. The molecule has 0 amide bonds. The van der Waals surface area contributed by atoms with Crippen molar-refractivity contribution in [1.82, 2.24) is 10.1 Å². The van der Waals surface area contributed by atoms with Crippen LogP contribution in [0.2, 0.25) is 0 Å². The van der Waals surface area contributed by atoms with Gasteiger partial charge in [0.05, 0.1) is 0 Å². The normalized spacial score (nSPS) is 19.1. The second kappa shape index (κ2) is 5.04. The maximum atomic E-state index is 14.4. The van der Waals surface area contributed by atoms with E-state index in [1.54, 1.807) is 0 Å². The topological polar surface area (TPSA) is 79.5 Å². The molecule has 1 saturated carbocycles. The van der Waals surface area contributed by atoms with Gasteiger partial charge in [-0.2, -0.15) is 0 Å². The SMILES string of the molecule is O=C(O)c1cc(-c2cnc(N3CCC4(CC3)CC4)c(F)c2)on1. The Morgan fingerprint density at radius 1 is 1.26 bits per heavy atom. The smallest absolute Gasteiger partial charge is 0.358 e. The number of carboxylic acid groups (broad SMARTS) is 1. The van der Waals surface area contributed by atoms with Crippen LogP contribution in [0.3, 0.4) is 0 Å². The average Bonchev–Trinajstić information content (AvgIpc) is 3.11. The van der Waals surface area contributed by atoms with E-state index in [9.17, 15) is 9.18 Å². The summed E-state index contributed by atoms with van der Waals surface area (Å²) in [7, 11) is 0. The largest absolute Gasteiger partial charge is 0.476 e. The molecule has 6 nitrogen and oxygen atoms in total. The van der Waals surface area contributed by atoms with Crippen LogP contribution in [0, 0.1) is 11.2 Å². The number of hydrogen-bond acceptors (Lipinski definition) is 5. The maximum absolute atomic E-state index is 14.4. The summed E-state index contributed by atoms with van der Waals surface area (Å²) >= 11 is 0. The van der Waals surface area contributed by atoms with Crippen LogP contribution in [-0.4, -0.2) is 34.3 Å². The van der Waals surface area contributed by atoms with E-state index in [0.717, 1.165) is 25.9 Å². The molecule has 120 valence electrons. The molecule has 0 atom stereocenters. The van der Waals surface area contributed by atoms with Gasteiger partial charge in [-0.15, -0.1) is 0 Å². The highest BCUT2D eigenvalue weighted by atomic mass is 19.1. The summed E-state index contributed by atoms with van der Waals surface area (Å²) in [6.45, 7) is 1.66. The lowest BCUT2D eigenvalue weighted by molar-refractivity contribution is 0.0686. The Bertz CT molecular complexity index is 760. The number of piperidine rings is 1. The molecule has 23 heavy (non-hydrogen) atoms. The Morgan fingerprint density at radius 2 is 2.00 bits per heavy atom. The fourth-order valence-corrected chi connectivity index (χ4v) is 3.18. The number of hydrogen-bond donors (Lipinski definition) is 1. The number of rotatable bonds is 3. The first-order valence-corrected chi connectivity index (χ1v) is 7.67. The summed E-state index contributed by atoms with van der Waals surface area (Å²) in [5.74, 6) is -1.08. The zero-order chi connectivity index (χ0) is 16.0. The van der Waals surface area contributed by atoms with Crippen LogP contribution in [0.1, 0.15) is 36.2 Å². The van der Waals surface area contributed by atoms with Crippen LogP contribution in [-0.2, 0) is 0 Å². The summed E-state index contributed by atoms with van der Waals surface area (Å²) in [5, 5.41) is 12.3. The van der Waals surface area contributed by atoms with Gasteiger partial charge in [0.1, 0.15) is 0 Å². The molecule has 7 heteroatoms. The van der Waals surface area contributed by atoms with E-state index in [-0.39, 0.29) is 11.5 Å². The number of pyridine rings is 1. The van der Waals surface area contributed by atoms with Gasteiger partial charge in [0, 0.05) is 30.9 Å². The lowest BCUT2D eigenvalue weighted by atomic mass is 9.94. The van der Waals surface area contributed by atoms with E-state index >= 15 is 0 Å². The minimum atomic E-state index is -1.19. The molecule has 1 aliphatic carbocycles. The molecule has 0 radical (unpaired) electrons. The van der Waals surface area contributed by atoms with Crippen LogP contribution >= 0.6 is 0 Å². The summed E-state index contributed by atoms with van der Waals surface area (Å²) in [6.07, 6.45) is 6.28. The maximum Gasteiger partial charge on any atom is 0.358 e. The minimum absolute atomic E-state index is 0.191. The molecule has 0 unspecified atom stereocenters. The summed E-state index contributed by atoms with van der Waals surface area (Å²) < 4.78 is 19.3. The summed E-state index contributed by atoms with van der Waals surface area (Å²) in [6, 6.07) is 2.58. The van der Waals surface area contributed by atoms with Crippen LogP contribution in [0.4, 0.5) is 10.2 Å². The molecule has 1 spiro atoms. The molecule has 1 aliphatic heterocycles. The minimum Gasteiger partial charge on any atom is -0.476 e. The number of halogens is 1. The third-order valence-electron chi connectivity index (χ3n) is 4.92. The van der Waals surface area contributed by atoms with E-state index in [1.165, 1.54) is 31.2 Å². The Balaban J connectivity index is 1.55. The van der Waals surface area contributed by atoms with Crippen LogP contribution in [0.5, 0.6) is 0 Å². The zero-order valence-corrected chi connectivity index (χ0v) is 12.5. The fraction of sp³-hybridized carbons (Fsp3) is 0.438. The molecular formula is C16H16FN3O3. The summed E-state index contributed by atoms with van der Waals surface area (Å²) in [4.78, 5) is 17.0. The second-order valence-corrected chi connectivity index (χ2v) is 6.40. The van der Waals surface area contributed by atoms with Crippen molar-refractivity contribution < 1.29 is 18.8 Å². The Hall–Kier alpha value is -2.44. The lowest BCUT2D eigenvalue weighted by Crippen LogP contribution is -2.35. The molecule has 2 aromatic rings. The zero-order valence-electron chi connectivity index (χ0n) is 12.5. The first-order valence-electron chi connectivity index (χ1n) is 7.67. The second-order valence-electron chi connectivity index (χ2n) is 6.40. The predicted molar refractivity (Wildman–Crippen MR) is 79.8 cm³/mol. The standard InChI is InChI=1S/C16H16FN3O3/c17-11-7-10(13-8-12(15(21)22)19-23-13)9-18-14(11)20-5-3-16(1-2-16)4-6-20/h7-9H,1-6H2,(H,21,22). The first kappa shape index (κ1) is 14.2. The number of nitrogens with zero attached hydrogens (tertiary/aromatic N) is 3. The first-order chi connectivity index (χ1) is 11.1. The molecule has 0 aromatic carbocycles. The van der Waals surface area contributed by atoms with Gasteiger partial charge in [-0.25, -0.2) is 14.2 Å². The molecule has 0 bridgehead atoms. The van der Waals surface area contributed by atoms with Gasteiger partial charge >= 0.3 is 5.97 Å². The number of carbonyl (C=O) groups is 1. The van der Waals surface area contributed by atoms with Gasteiger partial charge in [-0.05, 0) is 37.2 Å². The number of aromatic carboxylic acids is 1. The molecule has 1 saturated heterocycles. The molecule has 2 fully saturated rings. The van der Waals surface area contributed by atoms with Crippen molar-refractivity contribution in [3.8, 4) is 11.3 Å². The number of carboxylic acids is 1. The van der Waals surface area contributed by atoms with Crippen molar-refractivity contribution in [2.45, 2.75) is 25.7 Å². The van der Waals surface area contributed by atoms with Crippen molar-refractivity contribution in [2.24, 2.45) is 5.41 Å². The predicted octanol–water partition coefficient (Wildman–Crippen LogP) is 2.95. The quantitative estimate of drug-likeness (QED) is 0.937. The van der Waals surface area contributed by atoms with Crippen molar-refractivity contribution in [2.75, 3.05) is 18.0 Å². The van der Waals surface area contributed by atoms with E-state index in [0.29, 0.717) is 16.8 Å². The Kier molecular flexibility index (Phi) is 3.11. The lowest BCUT2D eigenvalue weighted by Gasteiger charge is -2.33. The van der Waals surface area contributed by atoms with Crippen LogP contribution in [0.25, 0.3) is 11.3 Å². The fourth-order valence-electron chi connectivity index (χ4n) is 3.18. The van der Waals surface area contributed by atoms with E-state index in [1.807, 2.05) is 4.90 Å². The van der Waals surface area contributed by atoms with Crippen molar-refractivity contribution in [1.29, 1.82) is 0 Å². The van der Waals surface area contributed by atoms with Crippen LogP contribution in [0.15, 0.2) is 22.9 Å². The van der Waals surface area contributed by atoms with Gasteiger partial charge < -0.3 is 14.5 Å². The molecular weight excluding hydrogens is 301 g/mol. The van der Waals surface area contributed by atoms with Gasteiger partial charge in [0.25, 0.3) is 0 Å². The van der Waals surface area contributed by atoms with Gasteiger partial charge in [0.2, 0.25) is 0 Å². The molecule has 2 aromatic heterocycles. The van der Waals surface area contributed by atoms with Crippen molar-refractivity contribution in [3.05, 3.63) is 29.8 Å². The van der Waals surface area contributed by atoms with E-state index < -0.39 is 11.8 Å². The van der Waals surface area contributed by atoms with Crippen LogP contribution < -0.4 is 4.90 Å². The highest BCUT2D eigenvalue weighted by molar-refractivity contribution is 5.86. The Labute approximate surface area is 131 Å². The highest BCUT2D eigenvalue weighted by Gasteiger charge is 2.44. The Morgan fingerprint density at radius 3 is 2.57 bits per heavy atom. The van der Waals surface area contributed by atoms with Gasteiger partial charge in [0.15, 0.2) is 23.1 Å². The number of aromatic nitrogens is 2. The monoisotopic (exact) mass is 317 g/mol. The third kappa shape index (κ3) is 2.56. The third-order valence-corrected chi connectivity index (χ3v) is 4.92. The molecule has 2 aliphatic rings. The van der Waals surface area contributed by atoms with Gasteiger partial charge in [-0.1, -0.05) is 5.16 Å².